The predicted molar refractivity (Wildman–Crippen MR) is 117 cm³/mol. The lowest BCUT2D eigenvalue weighted by atomic mass is 9.91. The normalized spacial score (nSPS) is 15.0. The molecule has 1 aliphatic heterocycles. The first kappa shape index (κ1) is 24.4. The molecule has 1 fully saturated rings. The van der Waals surface area contributed by atoms with Gasteiger partial charge in [-0.25, -0.2) is 0 Å². The molecular formula is C23H29NO9. The Morgan fingerprint density at radius 3 is 2.24 bits per heavy atom. The summed E-state index contributed by atoms with van der Waals surface area (Å²) in [6.45, 7) is 2.93. The maximum Gasteiger partial charge on any atom is 0.306 e. The number of carbonyl (C=O) groups is 1. The van der Waals surface area contributed by atoms with E-state index in [4.69, 9.17) is 28.1 Å². The van der Waals surface area contributed by atoms with Gasteiger partial charge in [0, 0.05) is 19.2 Å². The third-order valence-corrected chi connectivity index (χ3v) is 5.49. The van der Waals surface area contributed by atoms with Crippen molar-refractivity contribution in [1.29, 1.82) is 0 Å². The zero-order chi connectivity index (χ0) is 24.0. The van der Waals surface area contributed by atoms with Crippen LogP contribution in [0.2, 0.25) is 0 Å². The molecule has 1 unspecified atom stereocenters. The van der Waals surface area contributed by atoms with E-state index in [1.807, 2.05) is 0 Å². The van der Waals surface area contributed by atoms with Crippen LogP contribution in [0, 0.1) is 0 Å². The first-order chi connectivity index (χ1) is 15.9. The maximum atomic E-state index is 12.6. The lowest BCUT2D eigenvalue weighted by Crippen LogP contribution is -2.35. The Balaban J connectivity index is 2.11. The van der Waals surface area contributed by atoms with Crippen LogP contribution in [0.3, 0.4) is 0 Å². The highest BCUT2D eigenvalue weighted by molar-refractivity contribution is 5.71. The molecule has 1 saturated heterocycles. The molecule has 3 rings (SSSR count). The summed E-state index contributed by atoms with van der Waals surface area (Å²) in [5.41, 5.74) is -0.0845. The van der Waals surface area contributed by atoms with Crippen LogP contribution in [0.25, 0.3) is 0 Å². The molecule has 1 aliphatic rings. The number of hydrogen-bond donors (Lipinski definition) is 1. The second kappa shape index (κ2) is 11.1. The quantitative estimate of drug-likeness (QED) is 0.553. The van der Waals surface area contributed by atoms with Crippen LogP contribution in [-0.4, -0.2) is 70.7 Å². The minimum atomic E-state index is -0.844. The average molecular weight is 463 g/mol. The van der Waals surface area contributed by atoms with Gasteiger partial charge in [0.05, 0.1) is 60.5 Å². The van der Waals surface area contributed by atoms with E-state index in [-0.39, 0.29) is 12.2 Å². The maximum absolute atomic E-state index is 12.6. The second-order valence-corrected chi connectivity index (χ2v) is 7.47. The molecule has 33 heavy (non-hydrogen) atoms. The van der Waals surface area contributed by atoms with Gasteiger partial charge in [0.2, 0.25) is 16.9 Å². The van der Waals surface area contributed by atoms with Crippen molar-refractivity contribution in [2.24, 2.45) is 0 Å². The largest absolute Gasteiger partial charge is 0.502 e. The summed E-state index contributed by atoms with van der Waals surface area (Å²) in [7, 11) is 5.68. The fraction of sp³-hybridized carbons (Fsp3) is 0.478. The van der Waals surface area contributed by atoms with Crippen LogP contribution in [0.4, 0.5) is 0 Å². The molecule has 0 amide bonds. The van der Waals surface area contributed by atoms with Gasteiger partial charge in [0.25, 0.3) is 0 Å². The first-order valence-corrected chi connectivity index (χ1v) is 10.4. The van der Waals surface area contributed by atoms with E-state index >= 15 is 0 Å². The average Bonchev–Trinajstić information content (AvgIpc) is 2.84. The second-order valence-electron chi connectivity index (χ2n) is 7.47. The van der Waals surface area contributed by atoms with E-state index in [1.165, 1.54) is 34.5 Å². The van der Waals surface area contributed by atoms with Crippen LogP contribution in [0.1, 0.15) is 29.4 Å². The van der Waals surface area contributed by atoms with Gasteiger partial charge in [0.15, 0.2) is 17.3 Å². The summed E-state index contributed by atoms with van der Waals surface area (Å²) in [4.78, 5) is 26.9. The van der Waals surface area contributed by atoms with Crippen LogP contribution < -0.4 is 19.6 Å². The SMILES string of the molecule is COC(=O)CC(c1cc(OC)c(OC)c(OC)c1)c1oc(CN2CCOCC2)cc(=O)c1O. The molecule has 2 aromatic rings. The van der Waals surface area contributed by atoms with E-state index in [0.717, 1.165) is 0 Å². The topological polar surface area (TPSA) is 117 Å². The molecule has 1 N–H and O–H groups in total. The van der Waals surface area contributed by atoms with Crippen molar-refractivity contribution >= 4 is 5.97 Å². The van der Waals surface area contributed by atoms with Crippen molar-refractivity contribution in [3.63, 3.8) is 0 Å². The zero-order valence-electron chi connectivity index (χ0n) is 19.2. The first-order valence-electron chi connectivity index (χ1n) is 10.4. The van der Waals surface area contributed by atoms with Crippen molar-refractivity contribution in [3.8, 4) is 23.0 Å². The molecule has 1 aromatic carbocycles. The van der Waals surface area contributed by atoms with Crippen LogP contribution in [-0.2, 0) is 20.8 Å². The van der Waals surface area contributed by atoms with Gasteiger partial charge in [-0.05, 0) is 17.7 Å². The monoisotopic (exact) mass is 463 g/mol. The highest BCUT2D eigenvalue weighted by atomic mass is 16.5. The van der Waals surface area contributed by atoms with E-state index in [2.05, 4.69) is 4.90 Å². The minimum absolute atomic E-state index is 0.0366. The molecule has 180 valence electrons. The number of rotatable bonds is 9. The molecule has 2 heterocycles. The van der Waals surface area contributed by atoms with Crippen LogP contribution in [0.5, 0.6) is 23.0 Å². The molecule has 1 atom stereocenters. The number of benzene rings is 1. The fourth-order valence-corrected chi connectivity index (χ4v) is 3.76. The number of esters is 1. The lowest BCUT2D eigenvalue weighted by molar-refractivity contribution is -0.140. The molecule has 0 saturated carbocycles. The summed E-state index contributed by atoms with van der Waals surface area (Å²) >= 11 is 0. The summed E-state index contributed by atoms with van der Waals surface area (Å²) in [6, 6.07) is 4.55. The molecule has 0 bridgehead atoms. The Kier molecular flexibility index (Phi) is 8.18. The standard InChI is InChI=1S/C23H29NO9/c1-28-18-9-14(10-19(29-2)23(18)31-4)16(12-20(26)30-3)22-21(27)17(25)11-15(33-22)13-24-5-7-32-8-6-24/h9-11,16,27H,5-8,12-13H2,1-4H3. The Bertz CT molecular complexity index is 1000. The van der Waals surface area contributed by atoms with Gasteiger partial charge in [0.1, 0.15) is 5.76 Å². The van der Waals surface area contributed by atoms with E-state index in [9.17, 15) is 14.7 Å². The molecule has 10 heteroatoms. The Labute approximate surface area is 191 Å². The molecule has 0 radical (unpaired) electrons. The number of ether oxygens (including phenoxy) is 5. The summed E-state index contributed by atoms with van der Waals surface area (Å²) < 4.78 is 32.4. The van der Waals surface area contributed by atoms with E-state index in [1.54, 1.807) is 12.1 Å². The molecule has 1 aromatic heterocycles. The third kappa shape index (κ3) is 5.58. The van der Waals surface area contributed by atoms with Crippen LogP contribution in [0.15, 0.2) is 27.4 Å². The van der Waals surface area contributed by atoms with Crippen molar-refractivity contribution in [2.45, 2.75) is 18.9 Å². The number of aromatic hydroxyl groups is 1. The zero-order valence-corrected chi connectivity index (χ0v) is 19.2. The smallest absolute Gasteiger partial charge is 0.306 e. The van der Waals surface area contributed by atoms with Crippen molar-refractivity contribution in [3.05, 3.63) is 45.5 Å². The van der Waals surface area contributed by atoms with Gasteiger partial charge < -0.3 is 33.2 Å². The number of methoxy groups -OCH3 is 4. The van der Waals surface area contributed by atoms with E-state index < -0.39 is 23.1 Å². The summed E-state index contributed by atoms with van der Waals surface area (Å²) in [5.74, 6) is -0.544. The summed E-state index contributed by atoms with van der Waals surface area (Å²) in [5, 5.41) is 10.6. The minimum Gasteiger partial charge on any atom is -0.502 e. The molecule has 0 spiro atoms. The van der Waals surface area contributed by atoms with Crippen molar-refractivity contribution < 1.29 is 38.0 Å². The van der Waals surface area contributed by atoms with Crippen LogP contribution >= 0.6 is 0 Å². The Hall–Kier alpha value is -3.24. The van der Waals surface area contributed by atoms with Gasteiger partial charge >= 0.3 is 5.97 Å². The third-order valence-electron chi connectivity index (χ3n) is 5.49. The molecule has 0 aliphatic carbocycles. The number of nitrogens with zero attached hydrogens (tertiary/aromatic N) is 1. The Morgan fingerprint density at radius 2 is 1.70 bits per heavy atom. The fourth-order valence-electron chi connectivity index (χ4n) is 3.76. The summed E-state index contributed by atoms with van der Waals surface area (Å²) in [6.07, 6.45) is -0.188. The molecule has 10 nitrogen and oxygen atoms in total. The number of morpholine rings is 1. The highest BCUT2D eigenvalue weighted by Crippen LogP contribution is 2.43. The van der Waals surface area contributed by atoms with Gasteiger partial charge in [-0.3, -0.25) is 14.5 Å². The van der Waals surface area contributed by atoms with Gasteiger partial charge in [-0.15, -0.1) is 0 Å². The predicted octanol–water partition coefficient (Wildman–Crippen LogP) is 1.90. The van der Waals surface area contributed by atoms with Crippen molar-refractivity contribution in [2.75, 3.05) is 54.7 Å². The Morgan fingerprint density at radius 1 is 1.06 bits per heavy atom. The number of carbonyl (C=O) groups excluding carboxylic acids is 1. The number of hydrogen-bond acceptors (Lipinski definition) is 10. The molecular weight excluding hydrogens is 434 g/mol. The van der Waals surface area contributed by atoms with Gasteiger partial charge in [-0.2, -0.15) is 0 Å². The van der Waals surface area contributed by atoms with Crippen molar-refractivity contribution in [1.82, 2.24) is 4.90 Å². The lowest BCUT2D eigenvalue weighted by Gasteiger charge is -2.26. The van der Waals surface area contributed by atoms with E-state index in [0.29, 0.717) is 61.4 Å². The van der Waals surface area contributed by atoms with Gasteiger partial charge in [-0.1, -0.05) is 0 Å². The highest BCUT2D eigenvalue weighted by Gasteiger charge is 2.29.